The second-order valence-corrected chi connectivity index (χ2v) is 5.81. The van der Waals surface area contributed by atoms with E-state index in [0.29, 0.717) is 29.6 Å². The monoisotopic (exact) mass is 334 g/mol. The Hall–Kier alpha value is -2.81. The molecule has 0 bridgehead atoms. The van der Waals surface area contributed by atoms with Crippen LogP contribution in [0.4, 0.5) is 15.5 Å². The fraction of sp³-hybridized carbons (Fsp3) is 0.214. The van der Waals surface area contributed by atoms with Crippen LogP contribution in [-0.4, -0.2) is 41.9 Å². The average Bonchev–Trinajstić information content (AvgIpc) is 2.98. The number of carbonyl (C=O) groups is 2. The molecule has 3 N–H and O–H groups in total. The highest BCUT2D eigenvalue weighted by molar-refractivity contribution is 7.18. The molecule has 8 nitrogen and oxygen atoms in total. The Morgan fingerprint density at radius 1 is 1.43 bits per heavy atom. The first-order chi connectivity index (χ1) is 11.0. The Morgan fingerprint density at radius 2 is 2.22 bits per heavy atom. The summed E-state index contributed by atoms with van der Waals surface area (Å²) in [7, 11) is 1.50. The minimum atomic E-state index is -1.00. The number of amides is 1. The predicted molar refractivity (Wildman–Crippen MR) is 83.9 cm³/mol. The molecule has 1 amide bonds. The third-order valence-electron chi connectivity index (χ3n) is 3.39. The molecular weight excluding hydrogens is 320 g/mol. The number of anilines is 2. The van der Waals surface area contributed by atoms with Crippen LogP contribution < -0.4 is 20.4 Å². The van der Waals surface area contributed by atoms with Gasteiger partial charge in [-0.3, -0.25) is 9.98 Å². The minimum Gasteiger partial charge on any atom is -0.489 e. The van der Waals surface area contributed by atoms with Crippen molar-refractivity contribution in [2.45, 2.75) is 0 Å². The first-order valence-electron chi connectivity index (χ1n) is 6.78. The number of carboxylic acid groups (broad SMARTS) is 1. The molecule has 0 radical (unpaired) electrons. The molecular formula is C14H14N4O4S. The number of nitrogens with zero attached hydrogens (tertiary/aromatic N) is 2. The Balaban J connectivity index is 2.01. The summed E-state index contributed by atoms with van der Waals surface area (Å²) in [6.45, 7) is 0.955. The zero-order chi connectivity index (χ0) is 16.6. The third-order valence-corrected chi connectivity index (χ3v) is 4.52. The largest absolute Gasteiger partial charge is 0.489 e. The summed E-state index contributed by atoms with van der Waals surface area (Å²) in [6, 6.07) is 4.38. The van der Waals surface area contributed by atoms with E-state index >= 15 is 0 Å². The molecule has 2 aromatic rings. The molecule has 0 aromatic carbocycles. The summed E-state index contributed by atoms with van der Waals surface area (Å²) in [5, 5.41) is 20.2. The molecule has 120 valence electrons. The maximum Gasteiger partial charge on any atom is 0.346 e. The van der Waals surface area contributed by atoms with Gasteiger partial charge in [0.1, 0.15) is 22.0 Å². The smallest absolute Gasteiger partial charge is 0.346 e. The lowest BCUT2D eigenvalue weighted by molar-refractivity contribution is 0.0702. The van der Waals surface area contributed by atoms with Gasteiger partial charge in [-0.15, -0.1) is 11.3 Å². The van der Waals surface area contributed by atoms with Gasteiger partial charge in [0.25, 0.3) is 0 Å². The Morgan fingerprint density at radius 3 is 2.87 bits per heavy atom. The van der Waals surface area contributed by atoms with E-state index in [2.05, 4.69) is 5.32 Å². The number of carboxylic acids is 1. The minimum absolute atomic E-state index is 0.0323. The molecule has 0 aliphatic carbocycles. The third kappa shape index (κ3) is 2.66. The SMILES string of the molecule is CNC(=O)n1ccc(N2CCOc3cc(C(=O)O)sc32)cc1=N. The lowest BCUT2D eigenvalue weighted by atomic mass is 10.3. The van der Waals surface area contributed by atoms with Crippen molar-refractivity contribution in [2.24, 2.45) is 0 Å². The van der Waals surface area contributed by atoms with Crippen molar-refractivity contribution >= 4 is 34.0 Å². The van der Waals surface area contributed by atoms with Gasteiger partial charge in [0.15, 0.2) is 5.75 Å². The molecule has 1 aliphatic rings. The van der Waals surface area contributed by atoms with E-state index in [1.165, 1.54) is 23.9 Å². The summed E-state index contributed by atoms with van der Waals surface area (Å²) in [6.07, 6.45) is 1.51. The molecule has 0 saturated carbocycles. The van der Waals surface area contributed by atoms with E-state index in [9.17, 15) is 9.59 Å². The molecule has 0 saturated heterocycles. The Kier molecular flexibility index (Phi) is 3.78. The van der Waals surface area contributed by atoms with Crippen LogP contribution >= 0.6 is 11.3 Å². The van der Waals surface area contributed by atoms with Crippen LogP contribution in [0, 0.1) is 5.41 Å². The highest BCUT2D eigenvalue weighted by Crippen LogP contribution is 2.43. The van der Waals surface area contributed by atoms with Crippen LogP contribution in [0.2, 0.25) is 0 Å². The van der Waals surface area contributed by atoms with E-state index < -0.39 is 12.0 Å². The quantitative estimate of drug-likeness (QED) is 0.770. The molecule has 23 heavy (non-hydrogen) atoms. The topological polar surface area (TPSA) is 108 Å². The number of hydrogen-bond acceptors (Lipinski definition) is 6. The molecule has 0 fully saturated rings. The van der Waals surface area contributed by atoms with Gasteiger partial charge < -0.3 is 20.1 Å². The maximum atomic E-state index is 11.6. The fourth-order valence-electron chi connectivity index (χ4n) is 2.31. The second-order valence-electron chi connectivity index (χ2n) is 4.78. The number of nitrogens with one attached hydrogen (secondary N) is 2. The van der Waals surface area contributed by atoms with Gasteiger partial charge in [-0.05, 0) is 6.07 Å². The van der Waals surface area contributed by atoms with E-state index in [0.717, 1.165) is 11.3 Å². The van der Waals surface area contributed by atoms with Crippen molar-refractivity contribution in [1.82, 2.24) is 9.88 Å². The van der Waals surface area contributed by atoms with Crippen molar-refractivity contribution in [3.63, 3.8) is 0 Å². The number of aromatic carboxylic acids is 1. The lowest BCUT2D eigenvalue weighted by Crippen LogP contribution is -2.34. The average molecular weight is 334 g/mol. The molecule has 0 unspecified atom stereocenters. The number of carbonyl (C=O) groups excluding carboxylic acids is 1. The molecule has 0 atom stereocenters. The summed E-state index contributed by atoms with van der Waals surface area (Å²) >= 11 is 1.12. The molecule has 0 spiro atoms. The number of thiophene rings is 1. The molecule has 2 aromatic heterocycles. The number of aromatic nitrogens is 1. The zero-order valence-electron chi connectivity index (χ0n) is 12.2. The molecule has 3 heterocycles. The fourth-order valence-corrected chi connectivity index (χ4v) is 3.30. The Labute approximate surface area is 135 Å². The van der Waals surface area contributed by atoms with E-state index in [-0.39, 0.29) is 10.4 Å². The predicted octanol–water partition coefficient (Wildman–Crippen LogP) is 1.45. The van der Waals surface area contributed by atoms with Crippen molar-refractivity contribution in [1.29, 1.82) is 5.41 Å². The zero-order valence-corrected chi connectivity index (χ0v) is 13.0. The van der Waals surface area contributed by atoms with Crippen molar-refractivity contribution in [2.75, 3.05) is 25.1 Å². The Bertz CT molecular complexity index is 842. The highest BCUT2D eigenvalue weighted by atomic mass is 32.1. The van der Waals surface area contributed by atoms with Gasteiger partial charge in [-0.1, -0.05) is 0 Å². The number of fused-ring (bicyclic) bond motifs is 1. The summed E-state index contributed by atoms with van der Waals surface area (Å²) in [5.74, 6) is -0.479. The van der Waals surface area contributed by atoms with Gasteiger partial charge in [0.2, 0.25) is 0 Å². The number of pyridine rings is 1. The number of hydrogen-bond donors (Lipinski definition) is 3. The van der Waals surface area contributed by atoms with Gasteiger partial charge in [-0.25, -0.2) is 9.59 Å². The van der Waals surface area contributed by atoms with E-state index in [4.69, 9.17) is 15.3 Å². The van der Waals surface area contributed by atoms with Crippen molar-refractivity contribution < 1.29 is 19.4 Å². The van der Waals surface area contributed by atoms with Crippen LogP contribution in [-0.2, 0) is 0 Å². The van der Waals surface area contributed by atoms with Crippen LogP contribution in [0.5, 0.6) is 5.75 Å². The first kappa shape index (κ1) is 15.1. The van der Waals surface area contributed by atoms with Crippen molar-refractivity contribution in [3.05, 3.63) is 34.8 Å². The van der Waals surface area contributed by atoms with Crippen LogP contribution in [0.25, 0.3) is 0 Å². The first-order valence-corrected chi connectivity index (χ1v) is 7.59. The maximum absolute atomic E-state index is 11.6. The van der Waals surface area contributed by atoms with Gasteiger partial charge >= 0.3 is 12.0 Å². The summed E-state index contributed by atoms with van der Waals surface area (Å²) in [4.78, 5) is 24.9. The summed E-state index contributed by atoms with van der Waals surface area (Å²) in [5.41, 5.74) is 0.739. The van der Waals surface area contributed by atoms with Gasteiger partial charge in [0.05, 0.1) is 6.54 Å². The molecule has 3 rings (SSSR count). The van der Waals surface area contributed by atoms with Gasteiger partial charge in [0, 0.05) is 31.1 Å². The number of rotatable bonds is 2. The lowest BCUT2D eigenvalue weighted by Gasteiger charge is -2.28. The second kappa shape index (κ2) is 5.76. The van der Waals surface area contributed by atoms with Crippen LogP contribution in [0.15, 0.2) is 24.4 Å². The van der Waals surface area contributed by atoms with E-state index in [1.54, 1.807) is 12.1 Å². The van der Waals surface area contributed by atoms with E-state index in [1.807, 2.05) is 4.90 Å². The van der Waals surface area contributed by atoms with Crippen LogP contribution in [0.3, 0.4) is 0 Å². The van der Waals surface area contributed by atoms with Crippen molar-refractivity contribution in [3.8, 4) is 5.75 Å². The van der Waals surface area contributed by atoms with Gasteiger partial charge in [-0.2, -0.15) is 0 Å². The molecule has 1 aliphatic heterocycles. The van der Waals surface area contributed by atoms with Crippen LogP contribution in [0.1, 0.15) is 9.67 Å². The normalized spacial score (nSPS) is 13.2. The summed E-state index contributed by atoms with van der Waals surface area (Å²) < 4.78 is 6.69. The highest BCUT2D eigenvalue weighted by Gasteiger charge is 2.25. The molecule has 9 heteroatoms. The standard InChI is InChI=1S/C14H14N4O4S/c1-16-14(21)18-3-2-8(6-11(18)15)17-4-5-22-9-7-10(13(19)20)23-12(9)17/h2-3,6-7,15H,4-5H2,1H3,(H,16,21)(H,19,20). The number of ether oxygens (including phenoxy) is 1.